The first-order valence-corrected chi connectivity index (χ1v) is 16.9. The van der Waals surface area contributed by atoms with Crippen molar-refractivity contribution in [3.63, 3.8) is 0 Å². The third kappa shape index (κ3) is 8.47. The van der Waals surface area contributed by atoms with Crippen molar-refractivity contribution in [2.75, 3.05) is 18.9 Å². The number of nitrogen functional groups attached to an aromatic ring is 1. The molecule has 3 N–H and O–H groups in total. The van der Waals surface area contributed by atoms with Crippen LogP contribution in [-0.4, -0.2) is 70.1 Å². The van der Waals surface area contributed by atoms with Gasteiger partial charge >= 0.3 is 25.7 Å². The summed E-state index contributed by atoms with van der Waals surface area (Å²) < 4.78 is 50.7. The van der Waals surface area contributed by atoms with Crippen molar-refractivity contribution in [3.8, 4) is 5.75 Å². The highest BCUT2D eigenvalue weighted by Gasteiger charge is 2.59. The van der Waals surface area contributed by atoms with E-state index in [-0.39, 0.29) is 24.1 Å². The van der Waals surface area contributed by atoms with Gasteiger partial charge in [0.25, 0.3) is 0 Å². The molecule has 0 amide bonds. The summed E-state index contributed by atoms with van der Waals surface area (Å²) in [6.07, 6.45) is -0.644. The van der Waals surface area contributed by atoms with Crippen molar-refractivity contribution in [2.45, 2.75) is 84.3 Å². The zero-order valence-electron chi connectivity index (χ0n) is 27.3. The second-order valence-electron chi connectivity index (χ2n) is 11.4. The average Bonchev–Trinajstić information content (AvgIpc) is 3.57. The Morgan fingerprint density at radius 1 is 1.09 bits per heavy atom. The normalized spacial score (nSPS) is 22.8. The van der Waals surface area contributed by atoms with Crippen molar-refractivity contribution < 1.29 is 46.9 Å². The highest BCUT2D eigenvalue weighted by molar-refractivity contribution is 7.52. The number of carbonyl (C=O) groups is 3. The zero-order valence-corrected chi connectivity index (χ0v) is 28.2. The molecule has 16 heteroatoms. The van der Waals surface area contributed by atoms with E-state index in [1.165, 1.54) is 31.6 Å². The van der Waals surface area contributed by atoms with Gasteiger partial charge < -0.3 is 29.2 Å². The summed E-state index contributed by atoms with van der Waals surface area (Å²) in [7, 11) is -4.34. The second-order valence-corrected chi connectivity index (χ2v) is 13.1. The van der Waals surface area contributed by atoms with E-state index in [4.69, 9.17) is 33.7 Å². The fourth-order valence-corrected chi connectivity index (χ4v) is 6.83. The Morgan fingerprint density at radius 3 is 2.40 bits per heavy atom. The lowest BCUT2D eigenvalue weighted by atomic mass is 9.92. The van der Waals surface area contributed by atoms with Crippen molar-refractivity contribution in [1.29, 1.82) is 0 Å². The molecule has 0 bridgehead atoms. The van der Waals surface area contributed by atoms with E-state index in [1.54, 1.807) is 49.4 Å². The Hall–Kier alpha value is -4.04. The maximum absolute atomic E-state index is 14.2. The van der Waals surface area contributed by atoms with Crippen LogP contribution in [0.5, 0.6) is 5.75 Å². The minimum absolute atomic E-state index is 0.188. The van der Waals surface area contributed by atoms with Gasteiger partial charge in [-0.2, -0.15) is 10.2 Å². The fourth-order valence-electron chi connectivity index (χ4n) is 5.33. The van der Waals surface area contributed by atoms with Gasteiger partial charge in [-0.15, -0.1) is 0 Å². The summed E-state index contributed by atoms with van der Waals surface area (Å²) in [5.41, 5.74) is 5.44. The number of rotatable bonds is 15. The number of hydrogen-bond donors (Lipinski definition) is 2. The SMILES string of the molecule is CCC(CC)COC(=O)[C@H](C)NP(=O)(OC[C@H]1O[C@@](C)(c2ccc3c(N)ncnn23)[C@H](OC(C)=O)[C@@H]1OC(C)=O)Oc1ccccc1. The molecule has 1 aromatic carbocycles. The number of ether oxygens (including phenoxy) is 4. The van der Waals surface area contributed by atoms with Gasteiger partial charge in [0, 0.05) is 13.8 Å². The summed E-state index contributed by atoms with van der Waals surface area (Å²) in [6.45, 7) is 9.25. The van der Waals surface area contributed by atoms with Crippen LogP contribution < -0.4 is 15.3 Å². The van der Waals surface area contributed by atoms with Gasteiger partial charge in [0.05, 0.1) is 18.9 Å². The van der Waals surface area contributed by atoms with Crippen LogP contribution in [0, 0.1) is 5.92 Å². The fraction of sp³-hybridized carbons (Fsp3) is 0.516. The lowest BCUT2D eigenvalue weighted by Crippen LogP contribution is -2.45. The molecule has 0 spiro atoms. The molecule has 2 aromatic heterocycles. The second kappa shape index (κ2) is 15.2. The van der Waals surface area contributed by atoms with Crippen LogP contribution in [-0.2, 0) is 48.0 Å². The molecule has 4 rings (SSSR count). The van der Waals surface area contributed by atoms with Crippen LogP contribution in [0.4, 0.5) is 5.82 Å². The minimum atomic E-state index is -4.34. The van der Waals surface area contributed by atoms with Gasteiger partial charge in [-0.05, 0) is 44.0 Å². The van der Waals surface area contributed by atoms with Gasteiger partial charge in [-0.25, -0.2) is 14.1 Å². The number of carbonyl (C=O) groups excluding carboxylic acids is 3. The number of esters is 3. The van der Waals surface area contributed by atoms with E-state index in [1.807, 2.05) is 13.8 Å². The number of nitrogens with one attached hydrogen (secondary N) is 1. The zero-order chi connectivity index (χ0) is 34.4. The molecule has 1 saturated heterocycles. The van der Waals surface area contributed by atoms with Gasteiger partial charge in [-0.1, -0.05) is 44.9 Å². The molecule has 3 heterocycles. The molecule has 1 unspecified atom stereocenters. The number of nitrogens with two attached hydrogens (primary N) is 1. The molecule has 0 radical (unpaired) electrons. The van der Waals surface area contributed by atoms with Crippen molar-refractivity contribution in [3.05, 3.63) is 54.5 Å². The minimum Gasteiger partial charge on any atom is -0.464 e. The predicted octanol–water partition coefficient (Wildman–Crippen LogP) is 3.95. The number of anilines is 1. The number of nitrogens with zero attached hydrogens (tertiary/aromatic N) is 3. The highest BCUT2D eigenvalue weighted by Crippen LogP contribution is 2.48. The first-order chi connectivity index (χ1) is 22.3. The third-order valence-electron chi connectivity index (χ3n) is 7.89. The van der Waals surface area contributed by atoms with E-state index in [0.29, 0.717) is 11.2 Å². The molecule has 15 nitrogen and oxygen atoms in total. The maximum atomic E-state index is 14.2. The van der Waals surface area contributed by atoms with Gasteiger partial charge in [-0.3, -0.25) is 18.9 Å². The lowest BCUT2D eigenvalue weighted by molar-refractivity contribution is -0.168. The summed E-state index contributed by atoms with van der Waals surface area (Å²) in [5.74, 6) is -1.41. The van der Waals surface area contributed by atoms with Gasteiger partial charge in [0.2, 0.25) is 0 Å². The van der Waals surface area contributed by atoms with E-state index in [0.717, 1.165) is 12.8 Å². The Labute approximate surface area is 273 Å². The van der Waals surface area contributed by atoms with Crippen molar-refractivity contribution in [1.82, 2.24) is 19.7 Å². The predicted molar refractivity (Wildman–Crippen MR) is 169 cm³/mol. The topological polar surface area (TPSA) is 192 Å². The lowest BCUT2D eigenvalue weighted by Gasteiger charge is -2.30. The number of aromatic nitrogens is 3. The summed E-state index contributed by atoms with van der Waals surface area (Å²) in [5, 5.41) is 6.94. The molecular formula is C31H42N5O10P. The van der Waals surface area contributed by atoms with E-state index in [2.05, 4.69) is 15.2 Å². The summed E-state index contributed by atoms with van der Waals surface area (Å²) in [6, 6.07) is 10.5. The van der Waals surface area contributed by atoms with Gasteiger partial charge in [0.15, 0.2) is 18.0 Å². The standard InChI is InChI=1S/C31H42N5O10P/c1-7-22(8-2)16-41-30(39)19(3)35-47(40,46-23-12-10-9-11-13-23)42-17-25-27(43-20(4)37)28(44-21(5)38)31(6,45-25)26-15-14-24-29(32)33-18-34-36(24)26/h9-15,18-19,22,25,27-28H,7-8,16-17H2,1-6H3,(H,35,40)(H2,32,33,34)/t19-,25+,27+,28+,31-,47?/m0/s1. The van der Waals surface area contributed by atoms with Crippen LogP contribution in [0.2, 0.25) is 0 Å². The van der Waals surface area contributed by atoms with E-state index < -0.39 is 62.2 Å². The molecule has 0 saturated carbocycles. The van der Waals surface area contributed by atoms with Crippen LogP contribution in [0.15, 0.2) is 48.8 Å². The third-order valence-corrected chi connectivity index (χ3v) is 9.53. The Bertz CT molecular complexity index is 1600. The van der Waals surface area contributed by atoms with Crippen molar-refractivity contribution in [2.24, 2.45) is 5.92 Å². The molecule has 6 atom stereocenters. The largest absolute Gasteiger partial charge is 0.464 e. The molecular weight excluding hydrogens is 633 g/mol. The Kier molecular flexibility index (Phi) is 11.6. The first-order valence-electron chi connectivity index (χ1n) is 15.3. The molecule has 1 aliphatic heterocycles. The summed E-state index contributed by atoms with van der Waals surface area (Å²) >= 11 is 0. The van der Waals surface area contributed by atoms with Crippen LogP contribution in [0.3, 0.4) is 0 Å². The van der Waals surface area contributed by atoms with E-state index >= 15 is 0 Å². The number of para-hydroxylation sites is 1. The number of fused-ring (bicyclic) bond motifs is 1. The Morgan fingerprint density at radius 2 is 1.77 bits per heavy atom. The van der Waals surface area contributed by atoms with Crippen LogP contribution in [0.1, 0.15) is 60.1 Å². The maximum Gasteiger partial charge on any atom is 0.459 e. The molecule has 0 aliphatic carbocycles. The van der Waals surface area contributed by atoms with Crippen LogP contribution in [0.25, 0.3) is 5.52 Å². The molecule has 47 heavy (non-hydrogen) atoms. The molecule has 1 fully saturated rings. The number of hydrogen-bond acceptors (Lipinski definition) is 13. The summed E-state index contributed by atoms with van der Waals surface area (Å²) in [4.78, 5) is 41.5. The smallest absolute Gasteiger partial charge is 0.459 e. The highest BCUT2D eigenvalue weighted by atomic mass is 31.2. The molecule has 3 aromatic rings. The number of benzene rings is 1. The quantitative estimate of drug-likeness (QED) is 0.134. The van der Waals surface area contributed by atoms with Crippen molar-refractivity contribution >= 4 is 37.0 Å². The van der Waals surface area contributed by atoms with Crippen LogP contribution >= 0.6 is 7.75 Å². The monoisotopic (exact) mass is 675 g/mol. The average molecular weight is 676 g/mol. The van der Waals surface area contributed by atoms with E-state index in [9.17, 15) is 18.9 Å². The molecule has 256 valence electrons. The molecule has 1 aliphatic rings. The Balaban J connectivity index is 1.64. The van der Waals surface area contributed by atoms with Gasteiger partial charge in [0.1, 0.15) is 35.3 Å². The first kappa shape index (κ1) is 35.8.